The van der Waals surface area contributed by atoms with Gasteiger partial charge in [-0.25, -0.2) is 4.98 Å². The summed E-state index contributed by atoms with van der Waals surface area (Å²) in [7, 11) is 1.80. The lowest BCUT2D eigenvalue weighted by atomic mass is 10.1. The van der Waals surface area contributed by atoms with Gasteiger partial charge >= 0.3 is 0 Å². The van der Waals surface area contributed by atoms with Crippen LogP contribution in [0.25, 0.3) is 0 Å². The van der Waals surface area contributed by atoms with E-state index in [1.807, 2.05) is 18.4 Å². The van der Waals surface area contributed by atoms with Crippen molar-refractivity contribution < 1.29 is 9.53 Å². The normalized spacial score (nSPS) is 11.8. The van der Waals surface area contributed by atoms with Crippen molar-refractivity contribution in [1.29, 1.82) is 5.26 Å². The highest BCUT2D eigenvalue weighted by molar-refractivity contribution is 7.99. The minimum Gasteiger partial charge on any atom is -0.486 e. The molecule has 0 saturated carbocycles. The Hall–Kier alpha value is -2.41. The summed E-state index contributed by atoms with van der Waals surface area (Å²) in [4.78, 5) is 16.7. The quantitative estimate of drug-likeness (QED) is 0.499. The van der Waals surface area contributed by atoms with Crippen LogP contribution in [0, 0.1) is 18.3 Å². The monoisotopic (exact) mass is 433 g/mol. The van der Waals surface area contributed by atoms with E-state index in [0.29, 0.717) is 26.8 Å². The van der Waals surface area contributed by atoms with Crippen molar-refractivity contribution >= 4 is 40.5 Å². The van der Waals surface area contributed by atoms with Gasteiger partial charge in [0.05, 0.1) is 11.8 Å². The van der Waals surface area contributed by atoms with Crippen LogP contribution in [0.4, 0.5) is 0 Å². The van der Waals surface area contributed by atoms with Crippen LogP contribution in [0.1, 0.15) is 22.4 Å². The summed E-state index contributed by atoms with van der Waals surface area (Å²) in [6.07, 6.45) is 0. The van der Waals surface area contributed by atoms with Crippen molar-refractivity contribution in [2.45, 2.75) is 24.6 Å². The van der Waals surface area contributed by atoms with Gasteiger partial charge in [-0.2, -0.15) is 5.26 Å². The number of nitriles is 1. The van der Waals surface area contributed by atoms with Crippen LogP contribution >= 0.6 is 34.7 Å². The van der Waals surface area contributed by atoms with Gasteiger partial charge in [0, 0.05) is 23.1 Å². The lowest BCUT2D eigenvalue weighted by Crippen LogP contribution is -2.13. The Balaban J connectivity index is 1.58. The van der Waals surface area contributed by atoms with Crippen molar-refractivity contribution in [3.63, 3.8) is 0 Å². The smallest absolute Gasteiger partial charge is 0.191 e. The molecule has 2 heterocycles. The van der Waals surface area contributed by atoms with Crippen molar-refractivity contribution in [2.24, 2.45) is 7.05 Å². The molecular weight excluding hydrogens is 418 g/mol. The third-order valence-electron chi connectivity index (χ3n) is 3.78. The molecule has 1 aromatic carbocycles. The van der Waals surface area contributed by atoms with Gasteiger partial charge in [0.1, 0.15) is 17.4 Å². The van der Waals surface area contributed by atoms with Crippen molar-refractivity contribution in [1.82, 2.24) is 19.7 Å². The Morgan fingerprint density at radius 3 is 2.79 bits per heavy atom. The van der Waals surface area contributed by atoms with E-state index >= 15 is 0 Å². The Morgan fingerprint density at radius 2 is 2.14 bits per heavy atom. The average Bonchev–Trinajstić information content (AvgIpc) is 3.26. The van der Waals surface area contributed by atoms with E-state index in [0.717, 1.165) is 5.69 Å². The number of hydrogen-bond donors (Lipinski definition) is 0. The first-order valence-corrected chi connectivity index (χ1v) is 10.5. The van der Waals surface area contributed by atoms with Gasteiger partial charge in [0.15, 0.2) is 22.7 Å². The van der Waals surface area contributed by atoms with Crippen LogP contribution in [0.5, 0.6) is 5.75 Å². The molecule has 1 atom stereocenters. The van der Waals surface area contributed by atoms with E-state index in [-0.39, 0.29) is 18.1 Å². The molecule has 3 aromatic rings. The first kappa shape index (κ1) is 20.3. The lowest BCUT2D eigenvalue weighted by molar-refractivity contribution is -0.116. The van der Waals surface area contributed by atoms with Crippen LogP contribution in [0.2, 0.25) is 5.02 Å². The number of ether oxygens (including phenoxy) is 1. The minimum absolute atomic E-state index is 0.112. The fourth-order valence-corrected chi connectivity index (χ4v) is 4.09. The maximum Gasteiger partial charge on any atom is 0.191 e. The van der Waals surface area contributed by atoms with Gasteiger partial charge in [0.25, 0.3) is 0 Å². The molecule has 0 unspecified atom stereocenters. The highest BCUT2D eigenvalue weighted by Gasteiger charge is 2.24. The zero-order chi connectivity index (χ0) is 20.1. The fourth-order valence-electron chi connectivity index (χ4n) is 2.26. The zero-order valence-corrected chi connectivity index (χ0v) is 17.5. The summed E-state index contributed by atoms with van der Waals surface area (Å²) in [5.74, 6) is 0.349. The first-order chi connectivity index (χ1) is 13.5. The number of thioether (sulfide) groups is 1. The number of benzene rings is 1. The Bertz CT molecular complexity index is 1010. The van der Waals surface area contributed by atoms with Gasteiger partial charge in [-0.15, -0.1) is 21.5 Å². The van der Waals surface area contributed by atoms with E-state index in [4.69, 9.17) is 16.3 Å². The topological polar surface area (TPSA) is 93.7 Å². The van der Waals surface area contributed by atoms with Crippen molar-refractivity contribution in [3.05, 3.63) is 51.2 Å². The van der Waals surface area contributed by atoms with Gasteiger partial charge in [-0.05, 0) is 31.2 Å². The SMILES string of the molecule is Cc1csc([C@@H](C#N)C(=O)CSc2nnc(COc3ccc(Cl)cc3)n2C)n1. The second-order valence-corrected chi connectivity index (χ2v) is 8.11. The summed E-state index contributed by atoms with van der Waals surface area (Å²) < 4.78 is 7.44. The molecule has 0 aliphatic heterocycles. The summed E-state index contributed by atoms with van der Waals surface area (Å²) in [5.41, 5.74) is 0.805. The molecular formula is C18H16ClN5O2S2. The Morgan fingerprint density at radius 1 is 1.39 bits per heavy atom. The number of aromatic nitrogens is 4. The molecule has 10 heteroatoms. The number of ketones is 1. The molecule has 0 fully saturated rings. The summed E-state index contributed by atoms with van der Waals surface area (Å²) in [5, 5.41) is 21.1. The lowest BCUT2D eigenvalue weighted by Gasteiger charge is -2.07. The molecule has 0 aliphatic carbocycles. The molecule has 0 spiro atoms. The van der Waals surface area contributed by atoms with Crippen LogP contribution in [-0.4, -0.2) is 31.3 Å². The minimum atomic E-state index is -0.855. The molecule has 7 nitrogen and oxygen atoms in total. The summed E-state index contributed by atoms with van der Waals surface area (Å²) in [6, 6.07) is 9.08. The number of aryl methyl sites for hydroxylation is 1. The number of hydrogen-bond acceptors (Lipinski definition) is 8. The molecule has 28 heavy (non-hydrogen) atoms. The number of Topliss-reactive ketones (excluding diaryl/α,β-unsaturated/α-hetero) is 1. The number of nitrogens with zero attached hydrogens (tertiary/aromatic N) is 5. The molecule has 0 bridgehead atoms. The maximum atomic E-state index is 12.4. The molecule has 0 radical (unpaired) electrons. The van der Waals surface area contributed by atoms with Crippen molar-refractivity contribution in [3.8, 4) is 11.8 Å². The molecule has 0 amide bonds. The highest BCUT2D eigenvalue weighted by Crippen LogP contribution is 2.24. The standard InChI is InChI=1S/C18H16ClN5O2S2/c1-11-9-27-17(21-11)14(7-20)15(25)10-28-18-23-22-16(24(18)2)8-26-13-5-3-12(19)4-6-13/h3-6,9,14H,8,10H2,1-2H3/t14-/m0/s1. The van der Waals surface area contributed by atoms with E-state index < -0.39 is 5.92 Å². The first-order valence-electron chi connectivity index (χ1n) is 8.21. The van der Waals surface area contributed by atoms with Crippen LogP contribution < -0.4 is 4.74 Å². The molecule has 0 aliphatic rings. The van der Waals surface area contributed by atoms with Crippen LogP contribution in [-0.2, 0) is 18.4 Å². The summed E-state index contributed by atoms with van der Waals surface area (Å²) >= 11 is 8.42. The molecule has 2 aromatic heterocycles. The van der Waals surface area contributed by atoms with E-state index in [2.05, 4.69) is 15.2 Å². The van der Waals surface area contributed by atoms with E-state index in [9.17, 15) is 10.1 Å². The second-order valence-electron chi connectivity index (χ2n) is 5.84. The third-order valence-corrected chi connectivity index (χ3v) is 6.11. The molecule has 0 saturated heterocycles. The van der Waals surface area contributed by atoms with Crippen LogP contribution in [0.3, 0.4) is 0 Å². The Kier molecular flexibility index (Phi) is 6.67. The number of carbonyl (C=O) groups is 1. The van der Waals surface area contributed by atoms with Gasteiger partial charge < -0.3 is 9.30 Å². The van der Waals surface area contributed by atoms with E-state index in [1.54, 1.807) is 35.9 Å². The number of rotatable bonds is 8. The number of halogens is 1. The zero-order valence-electron chi connectivity index (χ0n) is 15.1. The number of carbonyl (C=O) groups excluding carboxylic acids is 1. The highest BCUT2D eigenvalue weighted by atomic mass is 35.5. The predicted molar refractivity (Wildman–Crippen MR) is 108 cm³/mol. The third kappa shape index (κ3) is 4.90. The average molecular weight is 434 g/mol. The fraction of sp³-hybridized carbons (Fsp3) is 0.278. The van der Waals surface area contributed by atoms with Crippen LogP contribution in [0.15, 0.2) is 34.8 Å². The van der Waals surface area contributed by atoms with Gasteiger partial charge in [-0.3, -0.25) is 4.79 Å². The van der Waals surface area contributed by atoms with E-state index in [1.165, 1.54) is 23.1 Å². The maximum absolute atomic E-state index is 12.4. The molecule has 0 N–H and O–H groups in total. The largest absolute Gasteiger partial charge is 0.486 e. The molecule has 144 valence electrons. The van der Waals surface area contributed by atoms with Gasteiger partial charge in [0.2, 0.25) is 0 Å². The van der Waals surface area contributed by atoms with Gasteiger partial charge in [-0.1, -0.05) is 23.4 Å². The number of thiazole rings is 1. The van der Waals surface area contributed by atoms with Crippen molar-refractivity contribution in [2.75, 3.05) is 5.75 Å². The Labute approximate surface area is 175 Å². The second kappa shape index (κ2) is 9.19. The molecule has 3 rings (SSSR count). The predicted octanol–water partition coefficient (Wildman–Crippen LogP) is 3.78. The summed E-state index contributed by atoms with van der Waals surface area (Å²) in [6.45, 7) is 2.07.